The minimum atomic E-state index is -2.90. The van der Waals surface area contributed by atoms with Crippen molar-refractivity contribution >= 4 is 23.7 Å². The van der Waals surface area contributed by atoms with Crippen molar-refractivity contribution in [2.24, 2.45) is 11.3 Å². The molecule has 0 amide bonds. The van der Waals surface area contributed by atoms with Gasteiger partial charge in [0.15, 0.2) is 5.92 Å². The van der Waals surface area contributed by atoms with Gasteiger partial charge in [0.1, 0.15) is 11.2 Å². The summed E-state index contributed by atoms with van der Waals surface area (Å²) < 4.78 is 5.26. The molecule has 0 aliphatic heterocycles. The molecule has 0 heterocycles. The van der Waals surface area contributed by atoms with Crippen LogP contribution in [0.1, 0.15) is 19.8 Å². The molecule has 0 saturated carbocycles. The van der Waals surface area contributed by atoms with Crippen molar-refractivity contribution < 1.29 is 39.2 Å². The first-order chi connectivity index (χ1) is 11.6. The van der Waals surface area contributed by atoms with Crippen LogP contribution >= 0.6 is 0 Å². The highest BCUT2D eigenvalue weighted by Gasteiger charge is 2.68. The quantitative estimate of drug-likeness (QED) is 0.334. The van der Waals surface area contributed by atoms with Crippen molar-refractivity contribution in [3.8, 4) is 0 Å². The van der Waals surface area contributed by atoms with Crippen LogP contribution in [-0.2, 0) is 23.9 Å². The normalized spacial score (nSPS) is 14.6. The third-order valence-corrected chi connectivity index (χ3v) is 3.91. The van der Waals surface area contributed by atoms with Gasteiger partial charge in [-0.25, -0.2) is 4.79 Å². The molecule has 8 heteroatoms. The van der Waals surface area contributed by atoms with E-state index in [1.165, 1.54) is 0 Å². The second-order valence-electron chi connectivity index (χ2n) is 5.40. The maximum atomic E-state index is 12.2. The highest BCUT2D eigenvalue weighted by atomic mass is 16.5. The van der Waals surface area contributed by atoms with E-state index in [0.29, 0.717) is 0 Å². The summed E-state index contributed by atoms with van der Waals surface area (Å²) in [6, 6.07) is 0. The predicted molar refractivity (Wildman–Crippen MR) is 88.0 cm³/mol. The number of aliphatic carboxylic acids is 3. The highest BCUT2D eigenvalue weighted by Crippen LogP contribution is 2.48. The summed E-state index contributed by atoms with van der Waals surface area (Å²) in [7, 11) is 0. The van der Waals surface area contributed by atoms with E-state index in [-0.39, 0.29) is 0 Å². The summed E-state index contributed by atoms with van der Waals surface area (Å²) in [6.07, 6.45) is 2.46. The average molecular weight is 354 g/mol. The first kappa shape index (κ1) is 22.3. The minimum Gasteiger partial charge on any atom is -0.481 e. The van der Waals surface area contributed by atoms with E-state index in [9.17, 15) is 34.5 Å². The van der Waals surface area contributed by atoms with Gasteiger partial charge in [0.05, 0.1) is 6.61 Å². The number of hydrogen-bond donors (Lipinski definition) is 3. The van der Waals surface area contributed by atoms with Crippen LogP contribution in [0.15, 0.2) is 38.0 Å². The van der Waals surface area contributed by atoms with Crippen LogP contribution in [0.4, 0.5) is 0 Å². The number of ketones is 1. The summed E-state index contributed by atoms with van der Waals surface area (Å²) in [6.45, 7) is 10.6. The minimum absolute atomic E-state index is 0.463. The molecule has 0 bridgehead atoms. The molecule has 2 unspecified atom stereocenters. The molecular weight excluding hydrogens is 332 g/mol. The molecule has 3 N–H and O–H groups in total. The lowest BCUT2D eigenvalue weighted by molar-refractivity contribution is -0.213. The number of allylic oxidation sites excluding steroid dienone is 2. The molecule has 138 valence electrons. The molecule has 8 nitrogen and oxygen atoms in total. The Morgan fingerprint density at radius 2 is 1.44 bits per heavy atom. The van der Waals surface area contributed by atoms with Gasteiger partial charge < -0.3 is 20.1 Å². The molecule has 0 aliphatic rings. The van der Waals surface area contributed by atoms with E-state index in [4.69, 9.17) is 4.74 Å². The van der Waals surface area contributed by atoms with Crippen molar-refractivity contribution in [1.82, 2.24) is 0 Å². The van der Waals surface area contributed by atoms with E-state index in [1.807, 2.05) is 0 Å². The average Bonchev–Trinajstić information content (AvgIpc) is 2.49. The van der Waals surface area contributed by atoms with Gasteiger partial charge in [-0.2, -0.15) is 0 Å². The number of Topliss-reactive ketones (excluding diaryl/α,β-unsaturated/α-hetero) is 1. The Labute approximate surface area is 145 Å². The summed E-state index contributed by atoms with van der Waals surface area (Å²) in [4.78, 5) is 47.9. The number of rotatable bonds is 13. The summed E-state index contributed by atoms with van der Waals surface area (Å²) in [5.74, 6) is -8.66. The molecule has 0 rings (SSSR count). The molecule has 0 radical (unpaired) electrons. The van der Waals surface area contributed by atoms with Crippen molar-refractivity contribution in [2.45, 2.75) is 25.4 Å². The first-order valence-electron chi connectivity index (χ1n) is 7.25. The van der Waals surface area contributed by atoms with Crippen molar-refractivity contribution in [1.29, 1.82) is 0 Å². The monoisotopic (exact) mass is 354 g/mol. The zero-order valence-corrected chi connectivity index (χ0v) is 13.9. The van der Waals surface area contributed by atoms with Crippen molar-refractivity contribution in [3.63, 3.8) is 0 Å². The number of carbonyl (C=O) groups is 4. The molecule has 25 heavy (non-hydrogen) atoms. The Bertz CT molecular complexity index is 567. The van der Waals surface area contributed by atoms with Gasteiger partial charge in [0.2, 0.25) is 5.60 Å². The fourth-order valence-corrected chi connectivity index (χ4v) is 2.92. The Balaban J connectivity index is 7.11. The standard InChI is InChI=1S/C17H22O8/c1-5-8-16(9-6-2,14(21)22)17(15(23)24,25-10-7-3)12(11(4)18)13(19)20/h5-7,12H,1-3,8-10H2,4H3,(H,19,20)(H,21,22)(H,23,24). The molecule has 0 aromatic rings. The summed E-state index contributed by atoms with van der Waals surface area (Å²) in [5, 5.41) is 29.1. The van der Waals surface area contributed by atoms with Crippen molar-refractivity contribution in [3.05, 3.63) is 38.0 Å². The van der Waals surface area contributed by atoms with E-state index in [2.05, 4.69) is 19.7 Å². The molecule has 0 aliphatic carbocycles. The van der Waals surface area contributed by atoms with Crippen molar-refractivity contribution in [2.75, 3.05) is 6.61 Å². The van der Waals surface area contributed by atoms with Gasteiger partial charge in [-0.3, -0.25) is 14.4 Å². The Morgan fingerprint density at radius 1 is 0.960 bits per heavy atom. The second kappa shape index (κ2) is 8.93. The van der Waals surface area contributed by atoms with Crippen LogP contribution in [0.5, 0.6) is 0 Å². The Hall–Kier alpha value is -2.74. The number of carbonyl (C=O) groups excluding carboxylic acids is 1. The van der Waals surface area contributed by atoms with Gasteiger partial charge in [0, 0.05) is 0 Å². The number of ether oxygens (including phenoxy) is 1. The van der Waals surface area contributed by atoms with Gasteiger partial charge >= 0.3 is 17.9 Å². The summed E-state index contributed by atoms with van der Waals surface area (Å²) in [5.41, 5.74) is -5.22. The van der Waals surface area contributed by atoms with Gasteiger partial charge in [-0.15, -0.1) is 19.7 Å². The lowest BCUT2D eigenvalue weighted by atomic mass is 9.60. The molecule has 0 saturated heterocycles. The Kier molecular flexibility index (Phi) is 7.95. The van der Waals surface area contributed by atoms with Gasteiger partial charge in [0.25, 0.3) is 0 Å². The first-order valence-corrected chi connectivity index (χ1v) is 7.25. The molecule has 0 aromatic carbocycles. The predicted octanol–water partition coefficient (Wildman–Crippen LogP) is 1.53. The van der Waals surface area contributed by atoms with E-state index in [0.717, 1.165) is 25.2 Å². The van der Waals surface area contributed by atoms with E-state index in [1.54, 1.807) is 0 Å². The van der Waals surface area contributed by atoms with Gasteiger partial charge in [-0.05, 0) is 19.8 Å². The van der Waals surface area contributed by atoms with Crippen LogP contribution in [0.3, 0.4) is 0 Å². The van der Waals surface area contributed by atoms with Crippen LogP contribution in [0.25, 0.3) is 0 Å². The molecular formula is C17H22O8. The zero-order valence-electron chi connectivity index (χ0n) is 13.9. The second-order valence-corrected chi connectivity index (χ2v) is 5.40. The van der Waals surface area contributed by atoms with Crippen LogP contribution in [0.2, 0.25) is 0 Å². The van der Waals surface area contributed by atoms with Crippen LogP contribution in [0, 0.1) is 11.3 Å². The summed E-state index contributed by atoms with van der Waals surface area (Å²) >= 11 is 0. The maximum Gasteiger partial charge on any atom is 0.338 e. The maximum absolute atomic E-state index is 12.2. The number of hydrogen-bond acceptors (Lipinski definition) is 5. The number of carboxylic acids is 3. The largest absolute Gasteiger partial charge is 0.481 e. The topological polar surface area (TPSA) is 138 Å². The van der Waals surface area contributed by atoms with Crippen LogP contribution < -0.4 is 0 Å². The smallest absolute Gasteiger partial charge is 0.338 e. The molecule has 2 atom stereocenters. The third-order valence-electron chi connectivity index (χ3n) is 3.91. The Morgan fingerprint density at radius 3 is 1.68 bits per heavy atom. The SMILES string of the molecule is C=CCOC(C(=O)O)(C(C(C)=O)C(=O)O)C(CC=C)(CC=C)C(=O)O. The third kappa shape index (κ3) is 3.85. The fraction of sp³-hybridized carbons (Fsp3) is 0.412. The highest BCUT2D eigenvalue weighted by molar-refractivity contribution is 6.06. The molecule has 0 fully saturated rings. The lowest BCUT2D eigenvalue weighted by Crippen LogP contribution is -2.67. The van der Waals surface area contributed by atoms with Gasteiger partial charge in [-0.1, -0.05) is 18.2 Å². The lowest BCUT2D eigenvalue weighted by Gasteiger charge is -2.46. The van der Waals surface area contributed by atoms with E-state index < -0.39 is 60.1 Å². The molecule has 0 aromatic heterocycles. The fourth-order valence-electron chi connectivity index (χ4n) is 2.92. The van der Waals surface area contributed by atoms with E-state index >= 15 is 0 Å². The number of carboxylic acid groups (broad SMARTS) is 3. The van der Waals surface area contributed by atoms with Crippen LogP contribution in [-0.4, -0.2) is 51.2 Å². The zero-order chi connectivity index (χ0) is 19.8. The molecule has 0 spiro atoms.